The van der Waals surface area contributed by atoms with E-state index in [4.69, 9.17) is 4.74 Å². The fourth-order valence-corrected chi connectivity index (χ4v) is 3.97. The van der Waals surface area contributed by atoms with Crippen molar-refractivity contribution in [2.24, 2.45) is 0 Å². The van der Waals surface area contributed by atoms with Crippen molar-refractivity contribution < 1.29 is 22.7 Å². The molecule has 2 N–H and O–H groups in total. The number of hydrogen-bond donors (Lipinski definition) is 2. The molecule has 3 aromatic rings. The van der Waals surface area contributed by atoms with Gasteiger partial charge in [-0.1, -0.05) is 30.3 Å². The predicted octanol–water partition coefficient (Wildman–Crippen LogP) is 3.70. The summed E-state index contributed by atoms with van der Waals surface area (Å²) < 4.78 is 32.4. The number of ether oxygens (including phenoxy) is 1. The molecular weight excluding hydrogens is 430 g/mol. The molecule has 8 nitrogen and oxygen atoms in total. The second-order valence-corrected chi connectivity index (χ2v) is 8.97. The molecule has 0 atom stereocenters. The Kier molecular flexibility index (Phi) is 7.24. The molecule has 3 aromatic carbocycles. The molecule has 0 aliphatic carbocycles. The van der Waals surface area contributed by atoms with Gasteiger partial charge >= 0.3 is 0 Å². The number of nitrogens with one attached hydrogen (secondary N) is 2. The maximum absolute atomic E-state index is 12.8. The molecule has 3 rings (SSSR count). The minimum Gasteiger partial charge on any atom is -0.455 e. The average Bonchev–Trinajstić information content (AvgIpc) is 2.76. The third-order valence-corrected chi connectivity index (χ3v) is 6.20. The van der Waals surface area contributed by atoms with Gasteiger partial charge in [-0.3, -0.25) is 9.59 Å². The fourth-order valence-electron chi connectivity index (χ4n) is 2.84. The number of sulfonamides is 1. The third-order valence-electron chi connectivity index (χ3n) is 4.38. The van der Waals surface area contributed by atoms with E-state index in [1.165, 1.54) is 38.2 Å². The molecule has 0 aromatic heterocycles. The van der Waals surface area contributed by atoms with Gasteiger partial charge in [0, 0.05) is 19.7 Å². The van der Waals surface area contributed by atoms with Crippen LogP contribution in [0, 0.1) is 0 Å². The first-order valence-corrected chi connectivity index (χ1v) is 11.2. The molecule has 32 heavy (non-hydrogen) atoms. The minimum absolute atomic E-state index is 0.00899. The van der Waals surface area contributed by atoms with Crippen molar-refractivity contribution in [3.05, 3.63) is 78.9 Å². The Morgan fingerprint density at radius 2 is 1.50 bits per heavy atom. The smallest absolute Gasteiger partial charge is 0.243 e. The monoisotopic (exact) mass is 453 g/mol. The lowest BCUT2D eigenvalue weighted by atomic mass is 10.3. The van der Waals surface area contributed by atoms with Crippen LogP contribution in [0.4, 0.5) is 11.4 Å². The van der Waals surface area contributed by atoms with Gasteiger partial charge in [0.1, 0.15) is 5.75 Å². The second kappa shape index (κ2) is 10.1. The number of carbonyl (C=O) groups is 2. The van der Waals surface area contributed by atoms with Crippen LogP contribution in [0.5, 0.6) is 11.5 Å². The average molecular weight is 454 g/mol. The Bertz CT molecular complexity index is 1200. The van der Waals surface area contributed by atoms with Gasteiger partial charge in [-0.25, -0.2) is 8.42 Å². The zero-order valence-electron chi connectivity index (χ0n) is 17.6. The number of likely N-dealkylation sites (N-methyl/N-ethyl adjacent to an activating group) is 1. The van der Waals surface area contributed by atoms with E-state index in [-0.39, 0.29) is 10.8 Å². The van der Waals surface area contributed by atoms with Crippen LogP contribution in [0.3, 0.4) is 0 Å². The van der Waals surface area contributed by atoms with Crippen LogP contribution >= 0.6 is 0 Å². The molecule has 0 spiro atoms. The number of benzene rings is 3. The van der Waals surface area contributed by atoms with Crippen molar-refractivity contribution in [2.45, 2.75) is 11.8 Å². The van der Waals surface area contributed by atoms with E-state index in [9.17, 15) is 18.0 Å². The van der Waals surface area contributed by atoms with Gasteiger partial charge in [-0.2, -0.15) is 4.31 Å². The van der Waals surface area contributed by atoms with Crippen LogP contribution in [-0.2, 0) is 19.6 Å². The molecular formula is C23H23N3O5S. The number of nitrogens with zero attached hydrogens (tertiary/aromatic N) is 1. The lowest BCUT2D eigenvalue weighted by Gasteiger charge is -2.18. The molecule has 0 heterocycles. The molecule has 0 aliphatic rings. The van der Waals surface area contributed by atoms with Crippen molar-refractivity contribution >= 4 is 33.2 Å². The van der Waals surface area contributed by atoms with Crippen LogP contribution in [0.15, 0.2) is 83.8 Å². The normalized spacial score (nSPS) is 11.1. The highest BCUT2D eigenvalue weighted by Gasteiger charge is 2.23. The Labute approximate surface area is 186 Å². The number of anilines is 2. The van der Waals surface area contributed by atoms with Gasteiger partial charge in [0.25, 0.3) is 0 Å². The summed E-state index contributed by atoms with van der Waals surface area (Å²) in [6.45, 7) is 0.968. The first-order chi connectivity index (χ1) is 15.3. The zero-order chi connectivity index (χ0) is 23.1. The highest BCUT2D eigenvalue weighted by atomic mass is 32.2. The highest BCUT2D eigenvalue weighted by Crippen LogP contribution is 2.29. The maximum atomic E-state index is 12.8. The van der Waals surface area contributed by atoms with Crippen LogP contribution < -0.4 is 15.4 Å². The van der Waals surface area contributed by atoms with Gasteiger partial charge < -0.3 is 15.4 Å². The summed E-state index contributed by atoms with van der Waals surface area (Å²) in [6.07, 6.45) is 0. The molecule has 9 heteroatoms. The zero-order valence-corrected chi connectivity index (χ0v) is 18.4. The molecule has 0 bridgehead atoms. The van der Waals surface area contributed by atoms with E-state index in [1.54, 1.807) is 36.4 Å². The van der Waals surface area contributed by atoms with Crippen molar-refractivity contribution in [3.63, 3.8) is 0 Å². The standard InChI is InChI=1S/C23H23N3O5S/c1-17(27)24-18-12-14-20(15-13-18)32(29,30)26(2)16-23(28)25-21-10-6-7-11-22(21)31-19-8-4-3-5-9-19/h3-15H,16H2,1-2H3,(H,24,27)(H,25,28). The minimum atomic E-state index is -3.90. The predicted molar refractivity (Wildman–Crippen MR) is 122 cm³/mol. The van der Waals surface area contributed by atoms with E-state index in [2.05, 4.69) is 10.6 Å². The molecule has 2 amide bonds. The molecule has 166 valence electrons. The van der Waals surface area contributed by atoms with E-state index in [0.717, 1.165) is 4.31 Å². The molecule has 0 saturated carbocycles. The summed E-state index contributed by atoms with van der Waals surface area (Å²) in [5, 5.41) is 5.27. The van der Waals surface area contributed by atoms with E-state index < -0.39 is 22.5 Å². The Balaban J connectivity index is 1.67. The Hall–Kier alpha value is -3.69. The van der Waals surface area contributed by atoms with E-state index >= 15 is 0 Å². The maximum Gasteiger partial charge on any atom is 0.243 e. The van der Waals surface area contributed by atoms with Crippen molar-refractivity contribution in [2.75, 3.05) is 24.2 Å². The van der Waals surface area contributed by atoms with E-state index in [1.807, 2.05) is 18.2 Å². The highest BCUT2D eigenvalue weighted by molar-refractivity contribution is 7.89. The first kappa shape index (κ1) is 23.0. The van der Waals surface area contributed by atoms with Crippen LogP contribution in [0.2, 0.25) is 0 Å². The van der Waals surface area contributed by atoms with Gasteiger partial charge in [-0.15, -0.1) is 0 Å². The molecule has 0 fully saturated rings. The quantitative estimate of drug-likeness (QED) is 0.541. The van der Waals surface area contributed by atoms with E-state index in [0.29, 0.717) is 22.9 Å². The first-order valence-electron chi connectivity index (χ1n) is 9.71. The van der Waals surface area contributed by atoms with Crippen LogP contribution in [0.1, 0.15) is 6.92 Å². The van der Waals surface area contributed by atoms with Gasteiger partial charge in [0.15, 0.2) is 5.75 Å². The number of para-hydroxylation sites is 3. The summed E-state index contributed by atoms with van der Waals surface area (Å²) in [7, 11) is -2.58. The van der Waals surface area contributed by atoms with Crippen molar-refractivity contribution in [1.29, 1.82) is 0 Å². The Morgan fingerprint density at radius 1 is 0.875 bits per heavy atom. The number of rotatable bonds is 8. The largest absolute Gasteiger partial charge is 0.455 e. The number of hydrogen-bond acceptors (Lipinski definition) is 5. The number of amides is 2. The lowest BCUT2D eigenvalue weighted by Crippen LogP contribution is -2.35. The summed E-state index contributed by atoms with van der Waals surface area (Å²) in [6, 6.07) is 21.7. The Morgan fingerprint density at radius 3 is 2.16 bits per heavy atom. The number of carbonyl (C=O) groups excluding carboxylic acids is 2. The van der Waals surface area contributed by atoms with Crippen molar-refractivity contribution in [3.8, 4) is 11.5 Å². The van der Waals surface area contributed by atoms with Crippen LogP contribution in [-0.4, -0.2) is 38.1 Å². The SMILES string of the molecule is CC(=O)Nc1ccc(S(=O)(=O)N(C)CC(=O)Nc2ccccc2Oc2ccccc2)cc1. The summed E-state index contributed by atoms with van der Waals surface area (Å²) in [5.41, 5.74) is 0.902. The van der Waals surface area contributed by atoms with Crippen molar-refractivity contribution in [1.82, 2.24) is 4.31 Å². The van der Waals surface area contributed by atoms with Crippen LogP contribution in [0.25, 0.3) is 0 Å². The molecule has 0 aliphatic heterocycles. The topological polar surface area (TPSA) is 105 Å². The summed E-state index contributed by atoms with van der Waals surface area (Å²) in [5.74, 6) is 0.267. The van der Waals surface area contributed by atoms with Gasteiger partial charge in [0.05, 0.1) is 17.1 Å². The summed E-state index contributed by atoms with van der Waals surface area (Å²) in [4.78, 5) is 23.7. The lowest BCUT2D eigenvalue weighted by molar-refractivity contribution is -0.116. The molecule has 0 radical (unpaired) electrons. The second-order valence-electron chi connectivity index (χ2n) is 6.93. The molecule has 0 unspecified atom stereocenters. The fraction of sp³-hybridized carbons (Fsp3) is 0.130. The van der Waals surface area contributed by atoms with Gasteiger partial charge in [0.2, 0.25) is 21.8 Å². The third kappa shape index (κ3) is 5.93. The summed E-state index contributed by atoms with van der Waals surface area (Å²) >= 11 is 0. The molecule has 0 saturated heterocycles. The van der Waals surface area contributed by atoms with Gasteiger partial charge in [-0.05, 0) is 48.5 Å².